The molecule has 8 nitrogen and oxygen atoms in total. The fourth-order valence-corrected chi connectivity index (χ4v) is 4.53. The van der Waals surface area contributed by atoms with Gasteiger partial charge in [-0.05, 0) is 38.1 Å². The van der Waals surface area contributed by atoms with Crippen LogP contribution in [0.3, 0.4) is 0 Å². The lowest BCUT2D eigenvalue weighted by molar-refractivity contribution is 0.0195. The number of nitrogens with one attached hydrogen (secondary N) is 1. The van der Waals surface area contributed by atoms with Crippen molar-refractivity contribution < 1.29 is 4.74 Å². The minimum absolute atomic E-state index is 0. The van der Waals surface area contributed by atoms with E-state index in [1.807, 2.05) is 6.20 Å². The van der Waals surface area contributed by atoms with Crippen molar-refractivity contribution in [3.63, 3.8) is 0 Å². The van der Waals surface area contributed by atoms with Gasteiger partial charge < -0.3 is 24.8 Å². The number of piperazine rings is 1. The van der Waals surface area contributed by atoms with Crippen molar-refractivity contribution >= 4 is 35.8 Å². The maximum atomic E-state index is 5.52. The molecule has 0 aliphatic carbocycles. The monoisotopic (exact) mass is 543 g/mol. The highest BCUT2D eigenvalue weighted by Gasteiger charge is 2.30. The molecule has 3 fully saturated rings. The standard InChI is InChI=1S/C22H37N7O.HI/c1-3-23-22(29-7-5-20(18-29)27-12-14-30-15-13-27)25-17-19-4-6-24-21(16-19)28-10-8-26(2)9-11-28;/h4,6,16,20H,3,5,7-15,17-18H2,1-2H3,(H,23,25);1H. The van der Waals surface area contributed by atoms with Gasteiger partial charge in [0.2, 0.25) is 0 Å². The van der Waals surface area contributed by atoms with Crippen LogP contribution < -0.4 is 10.2 Å². The van der Waals surface area contributed by atoms with Crippen LogP contribution in [0.2, 0.25) is 0 Å². The van der Waals surface area contributed by atoms with Crippen molar-refractivity contribution in [2.45, 2.75) is 25.9 Å². The zero-order valence-corrected chi connectivity index (χ0v) is 21.3. The molecule has 1 atom stereocenters. The molecule has 0 saturated carbocycles. The first-order valence-corrected chi connectivity index (χ1v) is 11.5. The smallest absolute Gasteiger partial charge is 0.194 e. The van der Waals surface area contributed by atoms with Crippen LogP contribution in [0.4, 0.5) is 5.82 Å². The Morgan fingerprint density at radius 2 is 1.94 bits per heavy atom. The van der Waals surface area contributed by atoms with Crippen LogP contribution in [0.25, 0.3) is 0 Å². The summed E-state index contributed by atoms with van der Waals surface area (Å²) in [6, 6.07) is 4.91. The van der Waals surface area contributed by atoms with Gasteiger partial charge in [0, 0.05) is 71.1 Å². The molecule has 1 aromatic heterocycles. The third-order valence-electron chi connectivity index (χ3n) is 6.41. The number of halogens is 1. The SMILES string of the molecule is CCNC(=NCc1ccnc(N2CCN(C)CC2)c1)N1CCC(N2CCOCC2)C1.I. The number of likely N-dealkylation sites (tertiary alicyclic amines) is 1. The molecule has 0 amide bonds. The van der Waals surface area contributed by atoms with Crippen LogP contribution in [-0.4, -0.2) is 111 Å². The van der Waals surface area contributed by atoms with E-state index >= 15 is 0 Å². The molecule has 1 N–H and O–H groups in total. The molecule has 0 bridgehead atoms. The lowest BCUT2D eigenvalue weighted by Gasteiger charge is -2.33. The molecule has 3 aliphatic heterocycles. The first-order chi connectivity index (χ1) is 14.7. The van der Waals surface area contributed by atoms with Gasteiger partial charge in [0.15, 0.2) is 5.96 Å². The number of rotatable bonds is 5. The number of guanidine groups is 1. The third-order valence-corrected chi connectivity index (χ3v) is 6.41. The first kappa shape index (κ1) is 24.5. The third kappa shape index (κ3) is 6.66. The minimum atomic E-state index is 0. The van der Waals surface area contributed by atoms with Crippen molar-refractivity contribution in [2.75, 3.05) is 84.1 Å². The molecule has 174 valence electrons. The lowest BCUT2D eigenvalue weighted by Crippen LogP contribution is -2.46. The normalized spacial score (nSPS) is 23.7. The van der Waals surface area contributed by atoms with Gasteiger partial charge in [-0.3, -0.25) is 4.90 Å². The molecule has 0 spiro atoms. The van der Waals surface area contributed by atoms with Crippen molar-refractivity contribution in [2.24, 2.45) is 4.99 Å². The maximum absolute atomic E-state index is 5.52. The number of likely N-dealkylation sites (N-methyl/N-ethyl adjacent to an activating group) is 1. The number of hydrogen-bond donors (Lipinski definition) is 1. The summed E-state index contributed by atoms with van der Waals surface area (Å²) in [7, 11) is 2.18. The molecule has 3 saturated heterocycles. The Balaban J connectivity index is 0.00000272. The van der Waals surface area contributed by atoms with Crippen LogP contribution in [0.15, 0.2) is 23.3 Å². The van der Waals surface area contributed by atoms with Crippen molar-refractivity contribution in [1.29, 1.82) is 0 Å². The molecule has 4 heterocycles. The van der Waals surface area contributed by atoms with Gasteiger partial charge in [-0.1, -0.05) is 0 Å². The molecule has 0 aromatic carbocycles. The number of aliphatic imine (C=N–C) groups is 1. The Bertz CT molecular complexity index is 705. The largest absolute Gasteiger partial charge is 0.379 e. The van der Waals surface area contributed by atoms with Crippen LogP contribution in [0.1, 0.15) is 18.9 Å². The molecule has 0 radical (unpaired) electrons. The quantitative estimate of drug-likeness (QED) is 0.342. The molecular formula is C22H38IN7O. The number of ether oxygens (including phenoxy) is 1. The van der Waals surface area contributed by atoms with E-state index < -0.39 is 0 Å². The average molecular weight is 543 g/mol. The summed E-state index contributed by atoms with van der Waals surface area (Å²) in [6.45, 7) is 13.9. The molecular weight excluding hydrogens is 505 g/mol. The van der Waals surface area contributed by atoms with E-state index in [0.717, 1.165) is 83.9 Å². The van der Waals surface area contributed by atoms with E-state index in [9.17, 15) is 0 Å². The number of pyridine rings is 1. The van der Waals surface area contributed by atoms with Gasteiger partial charge in [0.1, 0.15) is 5.82 Å². The summed E-state index contributed by atoms with van der Waals surface area (Å²) in [4.78, 5) is 19.3. The van der Waals surface area contributed by atoms with Crippen molar-refractivity contribution in [3.8, 4) is 0 Å². The zero-order valence-electron chi connectivity index (χ0n) is 19.0. The maximum Gasteiger partial charge on any atom is 0.194 e. The van der Waals surface area contributed by atoms with Gasteiger partial charge >= 0.3 is 0 Å². The molecule has 3 aliphatic rings. The fourth-order valence-electron chi connectivity index (χ4n) is 4.53. The zero-order chi connectivity index (χ0) is 20.8. The Kier molecular flexibility index (Phi) is 9.61. The number of aromatic nitrogens is 1. The Morgan fingerprint density at radius 1 is 1.16 bits per heavy atom. The molecule has 1 aromatic rings. The Labute approximate surface area is 204 Å². The number of anilines is 1. The molecule has 9 heteroatoms. The topological polar surface area (TPSA) is 59.5 Å². The Hall–Kier alpha value is -1.17. The van der Waals surface area contributed by atoms with Gasteiger partial charge in [0.25, 0.3) is 0 Å². The Morgan fingerprint density at radius 3 is 2.68 bits per heavy atom. The summed E-state index contributed by atoms with van der Waals surface area (Å²) < 4.78 is 5.52. The second-order valence-corrected chi connectivity index (χ2v) is 8.52. The lowest BCUT2D eigenvalue weighted by atomic mass is 10.2. The summed E-state index contributed by atoms with van der Waals surface area (Å²) >= 11 is 0. The van der Waals surface area contributed by atoms with Crippen LogP contribution in [-0.2, 0) is 11.3 Å². The van der Waals surface area contributed by atoms with E-state index in [0.29, 0.717) is 12.6 Å². The molecule has 31 heavy (non-hydrogen) atoms. The average Bonchev–Trinajstić information content (AvgIpc) is 3.28. The van der Waals surface area contributed by atoms with E-state index in [4.69, 9.17) is 9.73 Å². The van der Waals surface area contributed by atoms with Crippen LogP contribution in [0, 0.1) is 0 Å². The first-order valence-electron chi connectivity index (χ1n) is 11.5. The summed E-state index contributed by atoms with van der Waals surface area (Å²) in [5, 5.41) is 3.50. The second kappa shape index (κ2) is 12.2. The number of morpholine rings is 1. The summed E-state index contributed by atoms with van der Waals surface area (Å²) in [5.74, 6) is 2.11. The second-order valence-electron chi connectivity index (χ2n) is 8.52. The van der Waals surface area contributed by atoms with Gasteiger partial charge in [0.05, 0.1) is 19.8 Å². The summed E-state index contributed by atoms with van der Waals surface area (Å²) in [6.07, 6.45) is 3.13. The fraction of sp³-hybridized carbons (Fsp3) is 0.727. The number of hydrogen-bond acceptors (Lipinski definition) is 6. The molecule has 1 unspecified atom stereocenters. The van der Waals surface area contributed by atoms with Crippen LogP contribution >= 0.6 is 24.0 Å². The van der Waals surface area contributed by atoms with Gasteiger partial charge in [-0.15, -0.1) is 24.0 Å². The highest BCUT2D eigenvalue weighted by molar-refractivity contribution is 14.0. The van der Waals surface area contributed by atoms with E-state index in [1.54, 1.807) is 0 Å². The van der Waals surface area contributed by atoms with Crippen molar-refractivity contribution in [3.05, 3.63) is 23.9 Å². The highest BCUT2D eigenvalue weighted by Crippen LogP contribution is 2.18. The van der Waals surface area contributed by atoms with E-state index in [2.05, 4.69) is 56.0 Å². The molecule has 4 rings (SSSR count). The highest BCUT2D eigenvalue weighted by atomic mass is 127. The van der Waals surface area contributed by atoms with Gasteiger partial charge in [-0.2, -0.15) is 0 Å². The van der Waals surface area contributed by atoms with E-state index in [1.165, 1.54) is 12.0 Å². The predicted octanol–water partition coefficient (Wildman–Crippen LogP) is 1.32. The minimum Gasteiger partial charge on any atom is -0.379 e. The van der Waals surface area contributed by atoms with E-state index in [-0.39, 0.29) is 24.0 Å². The summed E-state index contributed by atoms with van der Waals surface area (Å²) in [5.41, 5.74) is 1.22. The van der Waals surface area contributed by atoms with Gasteiger partial charge in [-0.25, -0.2) is 9.98 Å². The van der Waals surface area contributed by atoms with Crippen LogP contribution in [0.5, 0.6) is 0 Å². The predicted molar refractivity (Wildman–Crippen MR) is 137 cm³/mol. The van der Waals surface area contributed by atoms with Crippen molar-refractivity contribution in [1.82, 2.24) is 25.0 Å². The number of nitrogens with zero attached hydrogens (tertiary/aromatic N) is 6.